The number of nitrogens with one attached hydrogen (secondary N) is 1. The summed E-state index contributed by atoms with van der Waals surface area (Å²) in [5.41, 5.74) is 0.0624. The first-order valence-electron chi connectivity index (χ1n) is 8.52. The highest BCUT2D eigenvalue weighted by Gasteiger charge is 2.32. The quantitative estimate of drug-likeness (QED) is 0.482. The summed E-state index contributed by atoms with van der Waals surface area (Å²) in [7, 11) is 1.76. The van der Waals surface area contributed by atoms with Crippen LogP contribution in [-0.4, -0.2) is 65.4 Å². The minimum absolute atomic E-state index is 0.00183. The lowest BCUT2D eigenvalue weighted by molar-refractivity contribution is -0.138. The zero-order valence-corrected chi connectivity index (χ0v) is 15.6. The van der Waals surface area contributed by atoms with E-state index in [4.69, 9.17) is 5.11 Å². The molecule has 0 fully saturated rings. The number of aliphatic hydroxyl groups is 2. The van der Waals surface area contributed by atoms with E-state index in [0.717, 1.165) is 5.56 Å². The van der Waals surface area contributed by atoms with Crippen LogP contribution in [0.1, 0.15) is 25.8 Å². The molecule has 0 unspecified atom stereocenters. The highest BCUT2D eigenvalue weighted by atomic mass is 16.3. The van der Waals surface area contributed by atoms with Gasteiger partial charge in [-0.3, -0.25) is 19.3 Å². The fourth-order valence-electron chi connectivity index (χ4n) is 2.26. The average molecular weight is 364 g/mol. The summed E-state index contributed by atoms with van der Waals surface area (Å²) in [5, 5.41) is 21.4. The average Bonchev–Trinajstić information content (AvgIpc) is 2.61. The van der Waals surface area contributed by atoms with Gasteiger partial charge in [-0.1, -0.05) is 44.2 Å². The summed E-state index contributed by atoms with van der Waals surface area (Å²) in [5.74, 6) is -1.76. The number of carbonyl (C=O) groups is 3. The molecule has 0 aromatic heterocycles. The fourth-order valence-corrected chi connectivity index (χ4v) is 2.26. The summed E-state index contributed by atoms with van der Waals surface area (Å²) in [6.45, 7) is 3.26. The molecule has 0 spiro atoms. The SMILES string of the molecule is CN(CC(=O)C(=O)CCNC(=O)[C@H](O)C(C)(C)CO)Cc1ccccc1. The molecule has 0 saturated carbocycles. The molecular weight excluding hydrogens is 336 g/mol. The first-order chi connectivity index (χ1) is 12.2. The maximum Gasteiger partial charge on any atom is 0.249 e. The molecule has 0 saturated heterocycles. The van der Waals surface area contributed by atoms with Gasteiger partial charge >= 0.3 is 0 Å². The van der Waals surface area contributed by atoms with Gasteiger partial charge in [-0.2, -0.15) is 0 Å². The van der Waals surface area contributed by atoms with Crippen LogP contribution in [0.15, 0.2) is 30.3 Å². The van der Waals surface area contributed by atoms with Gasteiger partial charge in [-0.25, -0.2) is 0 Å². The maximum absolute atomic E-state index is 12.0. The standard InChI is InChI=1S/C19H28N2O5/c1-19(2,13-22)17(25)18(26)20-10-9-15(23)16(24)12-21(3)11-14-7-5-4-6-8-14/h4-8,17,22,25H,9-13H2,1-3H3,(H,20,26)/t17-/m0/s1. The van der Waals surface area contributed by atoms with Crippen LogP contribution in [0, 0.1) is 5.41 Å². The number of rotatable bonds is 11. The Bertz CT molecular complexity index is 616. The summed E-state index contributed by atoms with van der Waals surface area (Å²) in [4.78, 5) is 37.4. The van der Waals surface area contributed by atoms with Crippen molar-refractivity contribution < 1.29 is 24.6 Å². The van der Waals surface area contributed by atoms with Gasteiger partial charge in [0.25, 0.3) is 0 Å². The Labute approximate surface area is 154 Å². The Balaban J connectivity index is 2.36. The molecule has 1 rings (SSSR count). The van der Waals surface area contributed by atoms with Crippen molar-refractivity contribution in [3.05, 3.63) is 35.9 Å². The Hall–Kier alpha value is -2.09. The molecule has 1 aromatic carbocycles. The van der Waals surface area contributed by atoms with Crippen LogP contribution in [0.5, 0.6) is 0 Å². The van der Waals surface area contributed by atoms with Gasteiger partial charge in [0.2, 0.25) is 17.5 Å². The summed E-state index contributed by atoms with van der Waals surface area (Å²) in [6, 6.07) is 9.61. The van der Waals surface area contributed by atoms with Crippen LogP contribution in [-0.2, 0) is 20.9 Å². The molecule has 144 valence electrons. The minimum Gasteiger partial charge on any atom is -0.396 e. The second kappa shape index (κ2) is 10.2. The molecule has 1 aromatic rings. The molecule has 0 aliphatic carbocycles. The second-order valence-electron chi connectivity index (χ2n) is 7.09. The topological polar surface area (TPSA) is 107 Å². The van der Waals surface area contributed by atoms with Crippen molar-refractivity contribution in [2.75, 3.05) is 26.7 Å². The molecule has 1 atom stereocenters. The number of hydrogen-bond acceptors (Lipinski definition) is 6. The number of ketones is 2. The maximum atomic E-state index is 12.0. The van der Waals surface area contributed by atoms with Gasteiger partial charge in [0.1, 0.15) is 6.10 Å². The Kier molecular flexibility index (Phi) is 8.57. The number of nitrogens with zero attached hydrogens (tertiary/aromatic N) is 1. The summed E-state index contributed by atoms with van der Waals surface area (Å²) >= 11 is 0. The monoisotopic (exact) mass is 364 g/mol. The number of amides is 1. The van der Waals surface area contributed by atoms with Crippen LogP contribution in [0.3, 0.4) is 0 Å². The number of likely N-dealkylation sites (N-methyl/N-ethyl adjacent to an activating group) is 1. The molecule has 7 nitrogen and oxygen atoms in total. The van der Waals surface area contributed by atoms with E-state index in [0.29, 0.717) is 6.54 Å². The van der Waals surface area contributed by atoms with Crippen molar-refractivity contribution in [2.45, 2.75) is 32.9 Å². The molecule has 0 aliphatic heterocycles. The van der Waals surface area contributed by atoms with Gasteiger partial charge < -0.3 is 15.5 Å². The zero-order valence-electron chi connectivity index (χ0n) is 15.6. The van der Waals surface area contributed by atoms with E-state index in [-0.39, 0.29) is 26.1 Å². The first kappa shape index (κ1) is 22.0. The van der Waals surface area contributed by atoms with Gasteiger partial charge in [0, 0.05) is 24.9 Å². The first-order valence-corrected chi connectivity index (χ1v) is 8.52. The normalized spacial score (nSPS) is 12.7. The fraction of sp³-hybridized carbons (Fsp3) is 0.526. The Morgan fingerprint density at radius 1 is 1.15 bits per heavy atom. The lowest BCUT2D eigenvalue weighted by atomic mass is 9.87. The summed E-state index contributed by atoms with van der Waals surface area (Å²) in [6.07, 6.45) is -1.52. The van der Waals surface area contributed by atoms with Crippen molar-refractivity contribution in [1.29, 1.82) is 0 Å². The van der Waals surface area contributed by atoms with Crippen LogP contribution < -0.4 is 5.32 Å². The lowest BCUT2D eigenvalue weighted by Crippen LogP contribution is -2.46. The van der Waals surface area contributed by atoms with Crippen molar-refractivity contribution in [3.8, 4) is 0 Å². The highest BCUT2D eigenvalue weighted by Crippen LogP contribution is 2.19. The van der Waals surface area contributed by atoms with Gasteiger partial charge in [-0.15, -0.1) is 0 Å². The summed E-state index contributed by atoms with van der Waals surface area (Å²) < 4.78 is 0. The zero-order chi connectivity index (χ0) is 19.7. The van der Waals surface area contributed by atoms with E-state index >= 15 is 0 Å². The van der Waals surface area contributed by atoms with Crippen LogP contribution in [0.2, 0.25) is 0 Å². The van der Waals surface area contributed by atoms with Crippen molar-refractivity contribution >= 4 is 17.5 Å². The van der Waals surface area contributed by atoms with Crippen LogP contribution in [0.4, 0.5) is 0 Å². The van der Waals surface area contributed by atoms with E-state index in [1.165, 1.54) is 0 Å². The van der Waals surface area contributed by atoms with E-state index < -0.39 is 29.0 Å². The van der Waals surface area contributed by atoms with E-state index in [1.54, 1.807) is 25.8 Å². The largest absolute Gasteiger partial charge is 0.396 e. The third kappa shape index (κ3) is 7.03. The molecule has 0 bridgehead atoms. The molecule has 26 heavy (non-hydrogen) atoms. The van der Waals surface area contributed by atoms with E-state index in [1.807, 2.05) is 30.3 Å². The smallest absolute Gasteiger partial charge is 0.249 e. The number of aliphatic hydroxyl groups excluding tert-OH is 2. The predicted molar refractivity (Wildman–Crippen MR) is 97.3 cm³/mol. The number of Topliss-reactive ketones (excluding diaryl/α,β-unsaturated/α-hetero) is 2. The molecule has 0 radical (unpaired) electrons. The van der Waals surface area contributed by atoms with E-state index in [2.05, 4.69) is 5.32 Å². The van der Waals surface area contributed by atoms with Gasteiger partial charge in [0.15, 0.2) is 0 Å². The van der Waals surface area contributed by atoms with Gasteiger partial charge in [0.05, 0.1) is 13.2 Å². The lowest BCUT2D eigenvalue weighted by Gasteiger charge is -2.27. The van der Waals surface area contributed by atoms with Crippen LogP contribution >= 0.6 is 0 Å². The molecule has 3 N–H and O–H groups in total. The number of hydrogen-bond donors (Lipinski definition) is 3. The second-order valence-corrected chi connectivity index (χ2v) is 7.09. The number of carbonyl (C=O) groups excluding carboxylic acids is 3. The molecular formula is C19H28N2O5. The minimum atomic E-state index is -1.39. The van der Waals surface area contributed by atoms with Crippen molar-refractivity contribution in [1.82, 2.24) is 10.2 Å². The van der Waals surface area contributed by atoms with Crippen molar-refractivity contribution in [3.63, 3.8) is 0 Å². The predicted octanol–water partition coefficient (Wildman–Crippen LogP) is 0.142. The molecule has 0 heterocycles. The third-order valence-corrected chi connectivity index (χ3v) is 4.07. The molecule has 0 aliphatic rings. The highest BCUT2D eigenvalue weighted by molar-refractivity contribution is 6.38. The van der Waals surface area contributed by atoms with E-state index in [9.17, 15) is 19.5 Å². The number of benzene rings is 1. The van der Waals surface area contributed by atoms with Crippen molar-refractivity contribution in [2.24, 2.45) is 5.41 Å². The molecule has 7 heteroatoms. The van der Waals surface area contributed by atoms with Gasteiger partial charge in [-0.05, 0) is 12.6 Å². The van der Waals surface area contributed by atoms with Crippen LogP contribution in [0.25, 0.3) is 0 Å². The Morgan fingerprint density at radius 2 is 1.77 bits per heavy atom. The Morgan fingerprint density at radius 3 is 2.35 bits per heavy atom. The molecule has 1 amide bonds. The third-order valence-electron chi connectivity index (χ3n) is 4.07.